The van der Waals surface area contributed by atoms with Gasteiger partial charge in [0.1, 0.15) is 22.8 Å². The van der Waals surface area contributed by atoms with Crippen molar-refractivity contribution < 1.29 is 23.5 Å². The van der Waals surface area contributed by atoms with Crippen LogP contribution in [-0.4, -0.2) is 37.5 Å². The molecule has 0 aliphatic heterocycles. The number of amides is 1. The first-order valence-corrected chi connectivity index (χ1v) is 7.51. The fourth-order valence-corrected chi connectivity index (χ4v) is 2.22. The molecule has 1 amide bonds. The van der Waals surface area contributed by atoms with Crippen LogP contribution in [0.25, 0.3) is 0 Å². The summed E-state index contributed by atoms with van der Waals surface area (Å²) >= 11 is 0. The van der Waals surface area contributed by atoms with Gasteiger partial charge in [-0.2, -0.15) is 0 Å². The Bertz CT molecular complexity index is 735. The zero-order chi connectivity index (χ0) is 17.7. The second-order valence-corrected chi connectivity index (χ2v) is 5.53. The number of carbonyl (C=O) groups is 2. The van der Waals surface area contributed by atoms with Crippen LogP contribution in [0.3, 0.4) is 0 Å². The van der Waals surface area contributed by atoms with Crippen LogP contribution in [0, 0.1) is 13.8 Å². The Morgan fingerprint density at radius 2 is 1.96 bits per heavy atom. The minimum atomic E-state index is -0.459. The van der Waals surface area contributed by atoms with Gasteiger partial charge in [0.05, 0.1) is 13.7 Å². The topological polar surface area (TPSA) is 69.0 Å². The molecule has 0 saturated carbocycles. The van der Waals surface area contributed by atoms with Gasteiger partial charge in [0.2, 0.25) is 0 Å². The maximum absolute atomic E-state index is 12.2. The number of esters is 1. The summed E-state index contributed by atoms with van der Waals surface area (Å²) in [6.07, 6.45) is 0. The predicted molar refractivity (Wildman–Crippen MR) is 87.9 cm³/mol. The van der Waals surface area contributed by atoms with E-state index in [0.717, 1.165) is 5.56 Å². The Morgan fingerprint density at radius 1 is 1.21 bits per heavy atom. The van der Waals surface area contributed by atoms with Crippen molar-refractivity contribution >= 4 is 11.9 Å². The molecule has 128 valence electrons. The zero-order valence-electron chi connectivity index (χ0n) is 14.3. The molecule has 0 aliphatic carbocycles. The van der Waals surface area contributed by atoms with E-state index in [1.54, 1.807) is 26.1 Å². The van der Waals surface area contributed by atoms with Crippen LogP contribution < -0.4 is 4.74 Å². The van der Waals surface area contributed by atoms with Crippen molar-refractivity contribution in [3.63, 3.8) is 0 Å². The molecule has 2 aromatic rings. The third-order valence-corrected chi connectivity index (χ3v) is 3.54. The Kier molecular flexibility index (Phi) is 5.63. The van der Waals surface area contributed by atoms with E-state index < -0.39 is 5.97 Å². The lowest BCUT2D eigenvalue weighted by atomic mass is 10.2. The highest BCUT2D eigenvalue weighted by atomic mass is 16.5. The van der Waals surface area contributed by atoms with Crippen molar-refractivity contribution in [2.45, 2.75) is 20.4 Å². The van der Waals surface area contributed by atoms with Crippen LogP contribution in [-0.2, 0) is 16.1 Å². The number of hydrogen-bond donors (Lipinski definition) is 0. The van der Waals surface area contributed by atoms with E-state index >= 15 is 0 Å². The minimum absolute atomic E-state index is 0.0660. The first-order chi connectivity index (χ1) is 11.4. The van der Waals surface area contributed by atoms with Gasteiger partial charge in [-0.3, -0.25) is 4.79 Å². The summed E-state index contributed by atoms with van der Waals surface area (Å²) < 4.78 is 15.7. The molecule has 24 heavy (non-hydrogen) atoms. The summed E-state index contributed by atoms with van der Waals surface area (Å²) in [5.74, 6) is 0.982. The van der Waals surface area contributed by atoms with Crippen LogP contribution in [0.1, 0.15) is 27.4 Å². The lowest BCUT2D eigenvalue weighted by Crippen LogP contribution is -2.30. The van der Waals surface area contributed by atoms with E-state index in [4.69, 9.17) is 9.15 Å². The second kappa shape index (κ2) is 7.68. The largest absolute Gasteiger partial charge is 0.484 e. The molecule has 2 rings (SSSR count). The van der Waals surface area contributed by atoms with Gasteiger partial charge < -0.3 is 18.8 Å². The summed E-state index contributed by atoms with van der Waals surface area (Å²) in [4.78, 5) is 25.2. The number of methoxy groups -OCH3 is 1. The summed E-state index contributed by atoms with van der Waals surface area (Å²) in [6.45, 7) is 3.81. The summed E-state index contributed by atoms with van der Waals surface area (Å²) in [5, 5.41) is 0. The Hall–Kier alpha value is -2.76. The number of hydrogen-bond acceptors (Lipinski definition) is 5. The first kappa shape index (κ1) is 17.6. The monoisotopic (exact) mass is 331 g/mol. The summed E-state index contributed by atoms with van der Waals surface area (Å²) in [7, 11) is 2.96. The lowest BCUT2D eigenvalue weighted by molar-refractivity contribution is -0.132. The molecule has 6 heteroatoms. The van der Waals surface area contributed by atoms with E-state index in [-0.39, 0.29) is 19.1 Å². The number of ether oxygens (including phenoxy) is 2. The standard InChI is InChI=1S/C18H21NO5/c1-12-6-5-7-14(8-12)23-11-17(20)19(3)10-15-9-16(13(2)24-15)18(21)22-4/h5-9H,10-11H2,1-4H3. The van der Waals surface area contributed by atoms with Gasteiger partial charge in [0.15, 0.2) is 6.61 Å². The maximum atomic E-state index is 12.2. The smallest absolute Gasteiger partial charge is 0.341 e. The van der Waals surface area contributed by atoms with E-state index in [9.17, 15) is 9.59 Å². The number of carbonyl (C=O) groups excluding carboxylic acids is 2. The molecular formula is C18H21NO5. The van der Waals surface area contributed by atoms with Gasteiger partial charge >= 0.3 is 5.97 Å². The van der Waals surface area contributed by atoms with Crippen LogP contribution in [0.5, 0.6) is 5.75 Å². The number of rotatable bonds is 6. The molecule has 1 heterocycles. The number of aryl methyl sites for hydroxylation is 2. The fourth-order valence-electron chi connectivity index (χ4n) is 2.22. The normalized spacial score (nSPS) is 10.3. The maximum Gasteiger partial charge on any atom is 0.341 e. The number of nitrogens with zero attached hydrogens (tertiary/aromatic N) is 1. The van der Waals surface area contributed by atoms with Crippen molar-refractivity contribution in [1.82, 2.24) is 4.90 Å². The molecule has 6 nitrogen and oxygen atoms in total. The van der Waals surface area contributed by atoms with Gasteiger partial charge in [0.25, 0.3) is 5.91 Å². The van der Waals surface area contributed by atoms with Crippen molar-refractivity contribution in [3.05, 3.63) is 53.0 Å². The second-order valence-electron chi connectivity index (χ2n) is 5.53. The Labute approximate surface area is 141 Å². The fraction of sp³-hybridized carbons (Fsp3) is 0.333. The molecule has 0 spiro atoms. The zero-order valence-corrected chi connectivity index (χ0v) is 14.3. The number of likely N-dealkylation sites (N-methyl/N-ethyl adjacent to an activating group) is 1. The number of benzene rings is 1. The van der Waals surface area contributed by atoms with E-state index in [2.05, 4.69) is 4.74 Å². The van der Waals surface area contributed by atoms with Crippen LogP contribution in [0.2, 0.25) is 0 Å². The molecule has 0 unspecified atom stereocenters. The van der Waals surface area contributed by atoms with Crippen molar-refractivity contribution in [1.29, 1.82) is 0 Å². The summed E-state index contributed by atoms with van der Waals surface area (Å²) in [6, 6.07) is 9.09. The molecule has 0 aliphatic rings. The molecule has 0 fully saturated rings. The molecule has 1 aromatic heterocycles. The molecule has 0 atom stereocenters. The summed E-state index contributed by atoms with van der Waals surface area (Å²) in [5.41, 5.74) is 1.43. The van der Waals surface area contributed by atoms with E-state index in [0.29, 0.717) is 22.8 Å². The van der Waals surface area contributed by atoms with Crippen LogP contribution in [0.15, 0.2) is 34.7 Å². The van der Waals surface area contributed by atoms with Gasteiger partial charge in [0, 0.05) is 7.05 Å². The minimum Gasteiger partial charge on any atom is -0.484 e. The number of furan rings is 1. The Balaban J connectivity index is 1.93. The van der Waals surface area contributed by atoms with Gasteiger partial charge in [-0.15, -0.1) is 0 Å². The highest BCUT2D eigenvalue weighted by molar-refractivity contribution is 5.90. The van der Waals surface area contributed by atoms with Crippen LogP contribution in [0.4, 0.5) is 0 Å². The van der Waals surface area contributed by atoms with Crippen molar-refractivity contribution in [2.75, 3.05) is 20.8 Å². The van der Waals surface area contributed by atoms with Crippen molar-refractivity contribution in [3.8, 4) is 5.75 Å². The SMILES string of the molecule is COC(=O)c1cc(CN(C)C(=O)COc2cccc(C)c2)oc1C. The quantitative estimate of drug-likeness (QED) is 0.761. The predicted octanol–water partition coefficient (Wildman–Crippen LogP) is 2.72. The van der Waals surface area contributed by atoms with Crippen molar-refractivity contribution in [2.24, 2.45) is 0 Å². The highest BCUT2D eigenvalue weighted by Gasteiger charge is 2.18. The lowest BCUT2D eigenvalue weighted by Gasteiger charge is -2.16. The van der Waals surface area contributed by atoms with E-state index in [1.165, 1.54) is 12.0 Å². The average molecular weight is 331 g/mol. The van der Waals surface area contributed by atoms with Gasteiger partial charge in [-0.05, 0) is 37.6 Å². The van der Waals surface area contributed by atoms with Crippen LogP contribution >= 0.6 is 0 Å². The molecular weight excluding hydrogens is 310 g/mol. The first-order valence-electron chi connectivity index (χ1n) is 7.51. The third-order valence-electron chi connectivity index (χ3n) is 3.54. The van der Waals surface area contributed by atoms with Gasteiger partial charge in [-0.25, -0.2) is 4.79 Å². The Morgan fingerprint density at radius 3 is 2.62 bits per heavy atom. The van der Waals surface area contributed by atoms with E-state index in [1.807, 2.05) is 25.1 Å². The molecule has 0 N–H and O–H groups in total. The molecule has 1 aromatic carbocycles. The highest BCUT2D eigenvalue weighted by Crippen LogP contribution is 2.17. The third kappa shape index (κ3) is 4.38. The molecule has 0 saturated heterocycles. The average Bonchev–Trinajstić information content (AvgIpc) is 2.92. The molecule has 0 radical (unpaired) electrons. The molecule has 0 bridgehead atoms. The van der Waals surface area contributed by atoms with Gasteiger partial charge in [-0.1, -0.05) is 12.1 Å².